The van der Waals surface area contributed by atoms with Crippen molar-refractivity contribution in [3.8, 4) is 11.5 Å². The number of hydrogen-bond acceptors (Lipinski definition) is 5. The molecule has 2 rings (SSSR count). The first kappa shape index (κ1) is 20.0. The van der Waals surface area contributed by atoms with Gasteiger partial charge in [0.2, 0.25) is 4.77 Å². The van der Waals surface area contributed by atoms with Gasteiger partial charge in [-0.2, -0.15) is 22.9 Å². The zero-order valence-corrected chi connectivity index (χ0v) is 15.2. The number of unbranched alkanes of at least 4 members (excludes halogenated alkanes) is 2. The van der Waals surface area contributed by atoms with Crippen molar-refractivity contribution >= 4 is 18.4 Å². The first-order chi connectivity index (χ1) is 12.4. The Morgan fingerprint density at radius 2 is 2.08 bits per heavy atom. The highest BCUT2D eigenvalue weighted by Crippen LogP contribution is 2.29. The Hall–Kier alpha value is -2.36. The van der Waals surface area contributed by atoms with E-state index >= 15 is 0 Å². The van der Waals surface area contributed by atoms with Crippen LogP contribution in [0.2, 0.25) is 0 Å². The molecule has 10 heteroatoms. The van der Waals surface area contributed by atoms with E-state index in [2.05, 4.69) is 22.2 Å². The van der Waals surface area contributed by atoms with Gasteiger partial charge in [0.25, 0.3) is 5.82 Å². The molecular weight excluding hydrogens is 369 g/mol. The van der Waals surface area contributed by atoms with E-state index in [9.17, 15) is 13.2 Å². The van der Waals surface area contributed by atoms with E-state index in [1.54, 1.807) is 18.2 Å². The summed E-state index contributed by atoms with van der Waals surface area (Å²) in [5.74, 6) is -0.185. The SMILES string of the molecule is CCCCCOc1ccc(C=Nn2c(C(F)(F)F)n[nH]c2=S)cc1OC. The van der Waals surface area contributed by atoms with Gasteiger partial charge in [0.15, 0.2) is 11.5 Å². The van der Waals surface area contributed by atoms with Crippen LogP contribution in [0.15, 0.2) is 23.3 Å². The standard InChI is InChI=1S/C16H19F3N4O2S/c1-3-4-5-8-25-12-7-6-11(9-13(12)24-2)10-20-23-14(16(17,18)19)21-22-15(23)26/h6-7,9-10H,3-5,8H2,1-2H3,(H,22,26). The van der Waals surface area contributed by atoms with E-state index in [4.69, 9.17) is 21.7 Å². The minimum absolute atomic E-state index is 0.253. The number of rotatable bonds is 8. The molecule has 1 aromatic heterocycles. The number of halogens is 3. The molecular formula is C16H19F3N4O2S. The number of aromatic amines is 1. The van der Waals surface area contributed by atoms with E-state index in [0.29, 0.717) is 28.3 Å². The number of ether oxygens (including phenoxy) is 2. The van der Waals surface area contributed by atoms with Gasteiger partial charge in [-0.25, -0.2) is 5.10 Å². The fourth-order valence-electron chi connectivity index (χ4n) is 2.12. The van der Waals surface area contributed by atoms with Gasteiger partial charge in [-0.15, -0.1) is 5.10 Å². The lowest BCUT2D eigenvalue weighted by Crippen LogP contribution is -2.12. The zero-order chi connectivity index (χ0) is 19.2. The molecule has 142 valence electrons. The maximum absolute atomic E-state index is 12.9. The van der Waals surface area contributed by atoms with Crippen molar-refractivity contribution in [2.24, 2.45) is 5.10 Å². The Balaban J connectivity index is 2.19. The molecule has 1 N–H and O–H groups in total. The number of methoxy groups -OCH3 is 1. The van der Waals surface area contributed by atoms with Gasteiger partial charge in [-0.3, -0.25) is 0 Å². The summed E-state index contributed by atoms with van der Waals surface area (Å²) in [6, 6.07) is 4.97. The molecule has 26 heavy (non-hydrogen) atoms. The van der Waals surface area contributed by atoms with Crippen molar-refractivity contribution in [2.75, 3.05) is 13.7 Å². The molecule has 2 aromatic rings. The lowest BCUT2D eigenvalue weighted by Gasteiger charge is -2.11. The minimum Gasteiger partial charge on any atom is -0.493 e. The van der Waals surface area contributed by atoms with Gasteiger partial charge < -0.3 is 9.47 Å². The van der Waals surface area contributed by atoms with Gasteiger partial charge in [0, 0.05) is 0 Å². The van der Waals surface area contributed by atoms with Gasteiger partial charge in [-0.1, -0.05) is 19.8 Å². The van der Waals surface area contributed by atoms with Crippen LogP contribution >= 0.6 is 12.2 Å². The molecule has 0 fully saturated rings. The molecule has 0 radical (unpaired) electrons. The summed E-state index contributed by atoms with van der Waals surface area (Å²) < 4.78 is 49.8. The monoisotopic (exact) mass is 388 g/mol. The van der Waals surface area contributed by atoms with Crippen LogP contribution in [-0.2, 0) is 6.18 Å². The Bertz CT molecular complexity index is 815. The molecule has 0 unspecified atom stereocenters. The Kier molecular flexibility index (Phi) is 6.78. The fraction of sp³-hybridized carbons (Fsp3) is 0.438. The van der Waals surface area contributed by atoms with Crippen molar-refractivity contribution in [2.45, 2.75) is 32.4 Å². The topological polar surface area (TPSA) is 64.4 Å². The molecule has 0 amide bonds. The smallest absolute Gasteiger partial charge is 0.453 e. The van der Waals surface area contributed by atoms with Crippen LogP contribution in [0.3, 0.4) is 0 Å². The molecule has 0 atom stereocenters. The third kappa shape index (κ3) is 5.07. The highest BCUT2D eigenvalue weighted by atomic mass is 32.1. The Morgan fingerprint density at radius 3 is 2.73 bits per heavy atom. The van der Waals surface area contributed by atoms with Crippen molar-refractivity contribution in [3.63, 3.8) is 0 Å². The van der Waals surface area contributed by atoms with Crippen LogP contribution in [0, 0.1) is 4.77 Å². The number of nitrogens with zero attached hydrogens (tertiary/aromatic N) is 3. The van der Waals surface area contributed by atoms with Gasteiger partial charge in [0.1, 0.15) is 0 Å². The molecule has 0 saturated heterocycles. The fourth-order valence-corrected chi connectivity index (χ4v) is 2.30. The third-order valence-corrected chi connectivity index (χ3v) is 3.68. The molecule has 0 aliphatic rings. The van der Waals surface area contributed by atoms with Crippen molar-refractivity contribution in [3.05, 3.63) is 34.4 Å². The van der Waals surface area contributed by atoms with E-state index in [1.165, 1.54) is 13.3 Å². The first-order valence-corrected chi connectivity index (χ1v) is 8.37. The first-order valence-electron chi connectivity index (χ1n) is 7.96. The van der Waals surface area contributed by atoms with Gasteiger partial charge >= 0.3 is 6.18 Å². The molecule has 1 aromatic carbocycles. The number of aromatic nitrogens is 3. The summed E-state index contributed by atoms with van der Waals surface area (Å²) >= 11 is 4.78. The van der Waals surface area contributed by atoms with Crippen molar-refractivity contribution in [1.29, 1.82) is 0 Å². The Labute approximate surface area is 153 Å². The molecule has 0 spiro atoms. The van der Waals surface area contributed by atoms with Crippen LogP contribution < -0.4 is 9.47 Å². The van der Waals surface area contributed by atoms with Crippen LogP contribution in [0.4, 0.5) is 13.2 Å². The van der Waals surface area contributed by atoms with Gasteiger partial charge in [0.05, 0.1) is 19.9 Å². The van der Waals surface area contributed by atoms with Crippen LogP contribution in [0.1, 0.15) is 37.6 Å². The quantitative estimate of drug-likeness (QED) is 0.413. The summed E-state index contributed by atoms with van der Waals surface area (Å²) in [4.78, 5) is 0. The maximum Gasteiger partial charge on any atom is 0.453 e. The number of H-pyrrole nitrogens is 1. The molecule has 0 aliphatic carbocycles. The van der Waals surface area contributed by atoms with Crippen LogP contribution in [0.25, 0.3) is 0 Å². The average molecular weight is 388 g/mol. The largest absolute Gasteiger partial charge is 0.493 e. The number of alkyl halides is 3. The predicted molar refractivity (Wildman–Crippen MR) is 93.4 cm³/mol. The summed E-state index contributed by atoms with van der Waals surface area (Å²) in [5, 5.41) is 9.01. The van der Waals surface area contributed by atoms with Crippen LogP contribution in [-0.4, -0.2) is 34.8 Å². The lowest BCUT2D eigenvalue weighted by molar-refractivity contribution is -0.147. The number of nitrogens with one attached hydrogen (secondary N) is 1. The normalized spacial score (nSPS) is 11.9. The average Bonchev–Trinajstić information content (AvgIpc) is 2.98. The number of hydrogen-bond donors (Lipinski definition) is 1. The summed E-state index contributed by atoms with van der Waals surface area (Å²) in [6.45, 7) is 2.67. The highest BCUT2D eigenvalue weighted by Gasteiger charge is 2.37. The third-order valence-electron chi connectivity index (χ3n) is 3.42. The van der Waals surface area contributed by atoms with E-state index in [-0.39, 0.29) is 4.77 Å². The molecule has 6 nitrogen and oxygen atoms in total. The Morgan fingerprint density at radius 1 is 1.31 bits per heavy atom. The molecule has 0 saturated carbocycles. The van der Waals surface area contributed by atoms with E-state index < -0.39 is 12.0 Å². The minimum atomic E-state index is -4.67. The summed E-state index contributed by atoms with van der Waals surface area (Å²) in [6.07, 6.45) is -0.337. The second-order valence-electron chi connectivity index (χ2n) is 5.37. The molecule has 1 heterocycles. The van der Waals surface area contributed by atoms with Crippen LogP contribution in [0.5, 0.6) is 11.5 Å². The molecule has 0 bridgehead atoms. The van der Waals surface area contributed by atoms with E-state index in [1.807, 2.05) is 0 Å². The maximum atomic E-state index is 12.9. The van der Waals surface area contributed by atoms with Crippen molar-refractivity contribution < 1.29 is 22.6 Å². The van der Waals surface area contributed by atoms with E-state index in [0.717, 1.165) is 19.3 Å². The highest BCUT2D eigenvalue weighted by molar-refractivity contribution is 7.71. The van der Waals surface area contributed by atoms with Crippen molar-refractivity contribution in [1.82, 2.24) is 14.9 Å². The predicted octanol–water partition coefficient (Wildman–Crippen LogP) is 4.42. The number of benzene rings is 1. The second-order valence-corrected chi connectivity index (χ2v) is 5.76. The summed E-state index contributed by atoms with van der Waals surface area (Å²) in [7, 11) is 1.49. The summed E-state index contributed by atoms with van der Waals surface area (Å²) in [5.41, 5.74) is 0.527. The van der Waals surface area contributed by atoms with Gasteiger partial charge in [-0.05, 0) is 42.4 Å². The lowest BCUT2D eigenvalue weighted by atomic mass is 10.2. The molecule has 0 aliphatic heterocycles. The second kappa shape index (κ2) is 8.84. The zero-order valence-electron chi connectivity index (χ0n) is 14.3.